The molecule has 6 nitrogen and oxygen atoms in total. The van der Waals surface area contributed by atoms with Crippen molar-refractivity contribution in [2.45, 2.75) is 55.9 Å². The molecule has 1 saturated heterocycles. The van der Waals surface area contributed by atoms with Crippen LogP contribution in [0.2, 0.25) is 5.02 Å². The van der Waals surface area contributed by atoms with Gasteiger partial charge in [0, 0.05) is 19.5 Å². The maximum absolute atomic E-state index is 12.8. The first-order valence-electron chi connectivity index (χ1n) is 8.93. The molecule has 1 atom stereocenters. The summed E-state index contributed by atoms with van der Waals surface area (Å²) in [4.78, 5) is 24.4. The number of rotatable bonds is 4. The van der Waals surface area contributed by atoms with Gasteiger partial charge >= 0.3 is 5.97 Å². The van der Waals surface area contributed by atoms with Crippen molar-refractivity contribution < 1.29 is 22.7 Å². The number of hydrogen-bond acceptors (Lipinski definition) is 5. The van der Waals surface area contributed by atoms with Crippen molar-refractivity contribution in [3.05, 3.63) is 28.8 Å². The average molecular weight is 400 g/mol. The summed E-state index contributed by atoms with van der Waals surface area (Å²) in [6, 6.07) is 4.04. The van der Waals surface area contributed by atoms with Crippen LogP contribution in [0, 0.1) is 0 Å². The molecule has 26 heavy (non-hydrogen) atoms. The predicted molar refractivity (Wildman–Crippen MR) is 96.7 cm³/mol. The molecular weight excluding hydrogens is 378 g/mol. The largest absolute Gasteiger partial charge is 0.451 e. The monoisotopic (exact) mass is 399 g/mol. The molecule has 142 valence electrons. The molecule has 1 aliphatic heterocycles. The number of carbonyl (C=O) groups is 2. The zero-order valence-electron chi connectivity index (χ0n) is 14.4. The molecule has 1 unspecified atom stereocenters. The van der Waals surface area contributed by atoms with E-state index in [4.69, 9.17) is 16.3 Å². The lowest BCUT2D eigenvalue weighted by atomic mass is 9.96. The lowest BCUT2D eigenvalue weighted by Crippen LogP contribution is -2.35. The van der Waals surface area contributed by atoms with Gasteiger partial charge in [-0.15, -0.1) is 0 Å². The minimum atomic E-state index is -3.68. The van der Waals surface area contributed by atoms with Crippen LogP contribution in [-0.4, -0.2) is 43.7 Å². The molecule has 0 bridgehead atoms. The summed E-state index contributed by atoms with van der Waals surface area (Å²) < 4.78 is 32.3. The van der Waals surface area contributed by atoms with E-state index in [2.05, 4.69) is 0 Å². The minimum Gasteiger partial charge on any atom is -0.451 e. The van der Waals surface area contributed by atoms with Crippen LogP contribution in [0.1, 0.15) is 55.3 Å². The molecule has 0 N–H and O–H groups in total. The van der Waals surface area contributed by atoms with E-state index in [1.54, 1.807) is 0 Å². The summed E-state index contributed by atoms with van der Waals surface area (Å²) in [5.41, 5.74) is -0.0249. The van der Waals surface area contributed by atoms with Crippen LogP contribution in [0.4, 0.5) is 0 Å². The Morgan fingerprint density at radius 1 is 1.12 bits per heavy atom. The van der Waals surface area contributed by atoms with E-state index in [1.165, 1.54) is 22.5 Å². The van der Waals surface area contributed by atoms with E-state index < -0.39 is 22.1 Å². The van der Waals surface area contributed by atoms with Gasteiger partial charge in [-0.3, -0.25) is 4.79 Å². The van der Waals surface area contributed by atoms with Gasteiger partial charge in [-0.25, -0.2) is 13.2 Å². The highest BCUT2D eigenvalue weighted by atomic mass is 35.5. The van der Waals surface area contributed by atoms with Crippen LogP contribution in [0.15, 0.2) is 23.1 Å². The number of halogens is 1. The van der Waals surface area contributed by atoms with Crippen molar-refractivity contribution in [2.24, 2.45) is 0 Å². The Balaban J connectivity index is 1.83. The van der Waals surface area contributed by atoms with Crippen LogP contribution in [0.3, 0.4) is 0 Å². The van der Waals surface area contributed by atoms with E-state index in [9.17, 15) is 18.0 Å². The molecule has 0 spiro atoms. The van der Waals surface area contributed by atoms with Gasteiger partial charge in [0.05, 0.1) is 15.5 Å². The molecule has 1 saturated carbocycles. The van der Waals surface area contributed by atoms with Crippen molar-refractivity contribution in [1.29, 1.82) is 0 Å². The second kappa shape index (κ2) is 8.06. The summed E-state index contributed by atoms with van der Waals surface area (Å²) in [7, 11) is -3.68. The smallest absolute Gasteiger partial charge is 0.340 e. The van der Waals surface area contributed by atoms with Crippen LogP contribution in [-0.2, 0) is 19.6 Å². The SMILES string of the molecule is O=C(OC1CCCCC1=O)c1cc(S(=O)(=O)N2CCCCC2)ccc1Cl. The van der Waals surface area contributed by atoms with Gasteiger partial charge in [-0.05, 0) is 50.3 Å². The summed E-state index contributed by atoms with van der Waals surface area (Å²) in [6.45, 7) is 0.947. The minimum absolute atomic E-state index is 0.0192. The highest BCUT2D eigenvalue weighted by Crippen LogP contribution is 2.27. The highest BCUT2D eigenvalue weighted by Gasteiger charge is 2.30. The zero-order chi connectivity index (χ0) is 18.7. The number of ketones is 1. The van der Waals surface area contributed by atoms with E-state index >= 15 is 0 Å². The number of sulfonamides is 1. The fraction of sp³-hybridized carbons (Fsp3) is 0.556. The Hall–Kier alpha value is -1.44. The molecule has 0 amide bonds. The molecule has 2 aliphatic rings. The quantitative estimate of drug-likeness (QED) is 0.726. The maximum atomic E-state index is 12.8. The standard InChI is InChI=1S/C18H22ClNO5S/c19-15-9-8-13(26(23,24)20-10-4-1-5-11-20)12-14(15)18(22)25-17-7-3-2-6-16(17)21/h8-9,12,17H,1-7,10-11H2. The fourth-order valence-electron chi connectivity index (χ4n) is 3.34. The molecule has 1 aromatic carbocycles. The number of Topliss-reactive ketones (excluding diaryl/α,β-unsaturated/α-hetero) is 1. The lowest BCUT2D eigenvalue weighted by molar-refractivity contribution is -0.129. The molecule has 3 rings (SSSR count). The summed E-state index contributed by atoms with van der Waals surface area (Å²) in [5, 5.41) is 0.107. The van der Waals surface area contributed by atoms with Crippen molar-refractivity contribution >= 4 is 33.4 Å². The van der Waals surface area contributed by atoms with E-state index in [-0.39, 0.29) is 21.3 Å². The second-order valence-corrected chi connectivity index (χ2v) is 9.06. The van der Waals surface area contributed by atoms with Gasteiger partial charge in [0.25, 0.3) is 0 Å². The van der Waals surface area contributed by atoms with Gasteiger partial charge in [0.1, 0.15) is 0 Å². The summed E-state index contributed by atoms with van der Waals surface area (Å²) >= 11 is 6.09. The number of esters is 1. The fourth-order valence-corrected chi connectivity index (χ4v) is 5.08. The summed E-state index contributed by atoms with van der Waals surface area (Å²) in [5.74, 6) is -0.858. The average Bonchev–Trinajstić information content (AvgIpc) is 2.64. The Morgan fingerprint density at radius 2 is 1.85 bits per heavy atom. The van der Waals surface area contributed by atoms with E-state index in [0.717, 1.165) is 32.1 Å². The molecule has 0 aromatic heterocycles. The van der Waals surface area contributed by atoms with Crippen LogP contribution in [0.5, 0.6) is 0 Å². The van der Waals surface area contributed by atoms with Crippen molar-refractivity contribution in [3.8, 4) is 0 Å². The Morgan fingerprint density at radius 3 is 2.54 bits per heavy atom. The third-order valence-corrected chi connectivity index (χ3v) is 7.08. The van der Waals surface area contributed by atoms with Gasteiger partial charge in [-0.2, -0.15) is 4.31 Å². The van der Waals surface area contributed by atoms with Crippen molar-refractivity contribution in [2.75, 3.05) is 13.1 Å². The van der Waals surface area contributed by atoms with Gasteiger partial charge in [-0.1, -0.05) is 18.0 Å². The van der Waals surface area contributed by atoms with Gasteiger partial charge in [0.15, 0.2) is 11.9 Å². The molecule has 1 aliphatic carbocycles. The first-order chi connectivity index (χ1) is 12.4. The Bertz CT molecular complexity index is 802. The maximum Gasteiger partial charge on any atom is 0.340 e. The number of piperidine rings is 1. The Labute approximate surface area is 158 Å². The number of benzene rings is 1. The topological polar surface area (TPSA) is 80.8 Å². The van der Waals surface area contributed by atoms with Gasteiger partial charge in [0.2, 0.25) is 10.0 Å². The van der Waals surface area contributed by atoms with Crippen molar-refractivity contribution in [1.82, 2.24) is 4.31 Å². The second-order valence-electron chi connectivity index (χ2n) is 6.71. The molecule has 8 heteroatoms. The van der Waals surface area contributed by atoms with Crippen LogP contribution < -0.4 is 0 Å². The van der Waals surface area contributed by atoms with Crippen LogP contribution in [0.25, 0.3) is 0 Å². The molecule has 1 heterocycles. The normalized spacial score (nSPS) is 22.2. The number of hydrogen-bond donors (Lipinski definition) is 0. The third kappa shape index (κ3) is 4.10. The molecule has 2 fully saturated rings. The molecule has 1 aromatic rings. The van der Waals surface area contributed by atoms with E-state index in [1.807, 2.05) is 0 Å². The van der Waals surface area contributed by atoms with Crippen molar-refractivity contribution in [3.63, 3.8) is 0 Å². The molecular formula is C18H22ClNO5S. The molecule has 0 radical (unpaired) electrons. The number of carbonyl (C=O) groups excluding carboxylic acids is 2. The lowest BCUT2D eigenvalue weighted by Gasteiger charge is -2.26. The Kier molecular flexibility index (Phi) is 5.99. The summed E-state index contributed by atoms with van der Waals surface area (Å²) in [6.07, 6.45) is 4.41. The zero-order valence-corrected chi connectivity index (χ0v) is 16.0. The number of ether oxygens (including phenoxy) is 1. The van der Waals surface area contributed by atoms with E-state index in [0.29, 0.717) is 25.9 Å². The first kappa shape index (κ1) is 19.3. The highest BCUT2D eigenvalue weighted by molar-refractivity contribution is 7.89. The van der Waals surface area contributed by atoms with Gasteiger partial charge < -0.3 is 4.74 Å². The predicted octanol–water partition coefficient (Wildman–Crippen LogP) is 3.18. The third-order valence-electron chi connectivity index (χ3n) is 4.86. The van der Waals surface area contributed by atoms with Crippen LogP contribution >= 0.6 is 11.6 Å². The first-order valence-corrected chi connectivity index (χ1v) is 10.7. The number of nitrogens with zero attached hydrogens (tertiary/aromatic N) is 1.